The van der Waals surface area contributed by atoms with Gasteiger partial charge in [0, 0.05) is 43.0 Å². The summed E-state index contributed by atoms with van der Waals surface area (Å²) in [6.07, 6.45) is 6.53. The Hall–Kier alpha value is -2.12. The molecule has 2 fully saturated rings. The van der Waals surface area contributed by atoms with Crippen molar-refractivity contribution in [3.05, 3.63) is 29.3 Å². The van der Waals surface area contributed by atoms with Crippen molar-refractivity contribution in [2.24, 2.45) is 5.92 Å². The first-order valence-corrected chi connectivity index (χ1v) is 11.9. The number of carbonyl (C=O) groups is 1. The average molecular weight is 445 g/mol. The van der Waals surface area contributed by atoms with E-state index in [0.717, 1.165) is 56.4 Å². The zero-order chi connectivity index (χ0) is 23.1. The number of benzene rings is 1. The molecule has 1 saturated carbocycles. The minimum atomic E-state index is -0.492. The highest BCUT2D eigenvalue weighted by Crippen LogP contribution is 2.35. The van der Waals surface area contributed by atoms with Crippen molar-refractivity contribution < 1.29 is 14.3 Å². The number of piperidine rings is 1. The van der Waals surface area contributed by atoms with Crippen LogP contribution in [0.2, 0.25) is 0 Å². The monoisotopic (exact) mass is 444 g/mol. The van der Waals surface area contributed by atoms with E-state index >= 15 is 0 Å². The second-order valence-electron chi connectivity index (χ2n) is 10.1. The number of rotatable bonds is 7. The number of alkyl carbamates (subject to hydrolysis) is 1. The van der Waals surface area contributed by atoms with Gasteiger partial charge in [0.2, 0.25) is 0 Å². The Morgan fingerprint density at radius 2 is 1.97 bits per heavy atom. The molecular weight excluding hydrogens is 404 g/mol. The van der Waals surface area contributed by atoms with Crippen LogP contribution in [0.3, 0.4) is 0 Å². The summed E-state index contributed by atoms with van der Waals surface area (Å²) in [4.78, 5) is 12.2. The Kier molecular flexibility index (Phi) is 8.54. The van der Waals surface area contributed by atoms with E-state index in [9.17, 15) is 4.79 Å². The van der Waals surface area contributed by atoms with E-state index < -0.39 is 5.60 Å². The maximum Gasteiger partial charge on any atom is 0.407 e. The first-order valence-electron chi connectivity index (χ1n) is 11.9. The number of ether oxygens (including phenoxy) is 2. The van der Waals surface area contributed by atoms with Gasteiger partial charge in [0.05, 0.1) is 12.7 Å². The van der Waals surface area contributed by atoms with E-state index in [1.165, 1.54) is 11.8 Å². The molecule has 4 N–H and O–H groups in total. The number of carbonyl (C=O) groups excluding carboxylic acids is 1. The van der Waals surface area contributed by atoms with Crippen molar-refractivity contribution in [3.8, 4) is 0 Å². The smallest absolute Gasteiger partial charge is 0.407 e. The number of amides is 1. The van der Waals surface area contributed by atoms with Crippen LogP contribution in [-0.2, 0) is 9.47 Å². The number of hydrogen-bond acceptors (Lipinski definition) is 6. The molecule has 0 aromatic heterocycles. The first kappa shape index (κ1) is 24.5. The minimum absolute atomic E-state index is 0.0765. The summed E-state index contributed by atoms with van der Waals surface area (Å²) in [5, 5.41) is 17.3. The Morgan fingerprint density at radius 3 is 2.62 bits per heavy atom. The molecule has 1 aliphatic heterocycles. The van der Waals surface area contributed by atoms with Crippen LogP contribution in [0, 0.1) is 11.3 Å². The maximum absolute atomic E-state index is 12.2. The summed E-state index contributed by atoms with van der Waals surface area (Å²) in [6, 6.07) is 6.48. The fraction of sp³-hybridized carbons (Fsp3) is 0.680. The fourth-order valence-corrected chi connectivity index (χ4v) is 4.75. The minimum Gasteiger partial charge on any atom is -0.444 e. The quantitative estimate of drug-likeness (QED) is 0.471. The lowest BCUT2D eigenvalue weighted by molar-refractivity contribution is -0.00773. The molecule has 1 aromatic rings. The van der Waals surface area contributed by atoms with E-state index in [4.69, 9.17) is 14.9 Å². The van der Waals surface area contributed by atoms with Gasteiger partial charge in [-0.05, 0) is 83.0 Å². The van der Waals surface area contributed by atoms with Crippen LogP contribution in [-0.4, -0.2) is 56.8 Å². The lowest BCUT2D eigenvalue weighted by atomic mass is 9.82. The highest BCUT2D eigenvalue weighted by molar-refractivity contribution is 5.86. The van der Waals surface area contributed by atoms with Gasteiger partial charge in [0.1, 0.15) is 5.60 Å². The summed E-state index contributed by atoms with van der Waals surface area (Å²) in [6.45, 7) is 8.04. The van der Waals surface area contributed by atoms with E-state index in [1.807, 2.05) is 27.8 Å². The van der Waals surface area contributed by atoms with E-state index in [0.29, 0.717) is 12.5 Å². The Bertz CT molecular complexity index is 769. The van der Waals surface area contributed by atoms with Gasteiger partial charge in [-0.3, -0.25) is 0 Å². The summed E-state index contributed by atoms with van der Waals surface area (Å²) in [5.74, 6) is 0.774. The summed E-state index contributed by atoms with van der Waals surface area (Å²) >= 11 is 0. The van der Waals surface area contributed by atoms with E-state index in [1.54, 1.807) is 0 Å². The second-order valence-corrected chi connectivity index (χ2v) is 10.1. The predicted octanol–water partition coefficient (Wildman–Crippen LogP) is 4.27. The number of hydrogen-bond donors (Lipinski definition) is 4. The molecule has 3 rings (SSSR count). The Morgan fingerprint density at radius 1 is 1.22 bits per heavy atom. The van der Waals surface area contributed by atoms with Gasteiger partial charge in [0.15, 0.2) is 0 Å². The predicted molar refractivity (Wildman–Crippen MR) is 129 cm³/mol. The molecule has 7 heteroatoms. The largest absolute Gasteiger partial charge is 0.444 e. The van der Waals surface area contributed by atoms with Crippen molar-refractivity contribution in [1.29, 1.82) is 5.41 Å². The van der Waals surface area contributed by atoms with Gasteiger partial charge in [-0.2, -0.15) is 0 Å². The normalized spacial score (nSPS) is 26.2. The summed E-state index contributed by atoms with van der Waals surface area (Å²) in [5.41, 5.74) is 2.77. The molecule has 0 spiro atoms. The molecule has 1 aliphatic carbocycles. The molecule has 1 aromatic carbocycles. The van der Waals surface area contributed by atoms with Crippen LogP contribution in [0.25, 0.3) is 0 Å². The first-order chi connectivity index (χ1) is 15.3. The van der Waals surface area contributed by atoms with Crippen LogP contribution >= 0.6 is 0 Å². The van der Waals surface area contributed by atoms with Gasteiger partial charge in [-0.25, -0.2) is 4.79 Å². The standard InChI is InChI=1S/C25H40N4O3/c1-25(2,3)32-24(30)29-23-11-12-28-15-20(23)16-31-21-8-5-17(6-9-21)18-7-10-22(27-4)19(13-18)14-26/h7,10,13-14,17,20-21,23,26-28H,5-6,8-9,11-12,15-16H2,1-4H3,(H,29,30). The zero-order valence-electron chi connectivity index (χ0n) is 20.0. The van der Waals surface area contributed by atoms with Crippen molar-refractivity contribution in [3.63, 3.8) is 0 Å². The highest BCUT2D eigenvalue weighted by Gasteiger charge is 2.30. The third-order valence-electron chi connectivity index (χ3n) is 6.50. The van der Waals surface area contributed by atoms with Crippen molar-refractivity contribution in [2.45, 2.75) is 76.5 Å². The van der Waals surface area contributed by atoms with Crippen LogP contribution in [0.15, 0.2) is 18.2 Å². The molecular formula is C25H40N4O3. The summed E-state index contributed by atoms with van der Waals surface area (Å²) < 4.78 is 11.8. The molecule has 0 bridgehead atoms. The molecule has 1 saturated heterocycles. The molecule has 2 aliphatic rings. The van der Waals surface area contributed by atoms with Gasteiger partial charge >= 0.3 is 6.09 Å². The lowest BCUT2D eigenvalue weighted by Crippen LogP contribution is -2.52. The van der Waals surface area contributed by atoms with Crippen LogP contribution in [0.4, 0.5) is 10.5 Å². The highest BCUT2D eigenvalue weighted by atomic mass is 16.6. The van der Waals surface area contributed by atoms with Gasteiger partial charge in [-0.15, -0.1) is 0 Å². The van der Waals surface area contributed by atoms with E-state index in [2.05, 4.69) is 34.1 Å². The molecule has 32 heavy (non-hydrogen) atoms. The summed E-state index contributed by atoms with van der Waals surface area (Å²) in [7, 11) is 1.89. The average Bonchev–Trinajstić information content (AvgIpc) is 2.77. The van der Waals surface area contributed by atoms with Crippen molar-refractivity contribution in [1.82, 2.24) is 10.6 Å². The number of anilines is 1. The van der Waals surface area contributed by atoms with E-state index in [-0.39, 0.29) is 24.2 Å². The fourth-order valence-electron chi connectivity index (χ4n) is 4.75. The zero-order valence-corrected chi connectivity index (χ0v) is 20.0. The van der Waals surface area contributed by atoms with Gasteiger partial charge in [-0.1, -0.05) is 6.07 Å². The number of nitrogens with one attached hydrogen (secondary N) is 4. The topological polar surface area (TPSA) is 95.5 Å². The molecule has 1 amide bonds. The SMILES string of the molecule is CNc1ccc(C2CCC(OCC3CNCCC3NC(=O)OC(C)(C)C)CC2)cc1C=N. The van der Waals surface area contributed by atoms with Gasteiger partial charge in [0.25, 0.3) is 0 Å². The maximum atomic E-state index is 12.2. The molecule has 1 heterocycles. The molecule has 2 unspecified atom stereocenters. The molecule has 0 radical (unpaired) electrons. The second kappa shape index (κ2) is 11.1. The van der Waals surface area contributed by atoms with Crippen molar-refractivity contribution in [2.75, 3.05) is 32.1 Å². The van der Waals surface area contributed by atoms with Crippen LogP contribution < -0.4 is 16.0 Å². The Labute approximate surface area is 192 Å². The Balaban J connectivity index is 1.47. The third-order valence-corrected chi connectivity index (χ3v) is 6.50. The lowest BCUT2D eigenvalue weighted by Gasteiger charge is -2.35. The third kappa shape index (κ3) is 6.94. The molecule has 7 nitrogen and oxygen atoms in total. The molecule has 2 atom stereocenters. The van der Waals surface area contributed by atoms with Gasteiger partial charge < -0.3 is 30.8 Å². The van der Waals surface area contributed by atoms with Crippen molar-refractivity contribution >= 4 is 18.0 Å². The van der Waals surface area contributed by atoms with Crippen LogP contribution in [0.5, 0.6) is 0 Å². The van der Waals surface area contributed by atoms with Crippen LogP contribution in [0.1, 0.15) is 69.9 Å². The molecule has 178 valence electrons.